The first-order valence-corrected chi connectivity index (χ1v) is 8.74. The van der Waals surface area contributed by atoms with E-state index in [0.29, 0.717) is 6.61 Å². The fraction of sp³-hybridized carbons (Fsp3) is 0.706. The number of imide groups is 1. The van der Waals surface area contributed by atoms with E-state index in [1.54, 1.807) is 20.8 Å². The van der Waals surface area contributed by atoms with Crippen molar-refractivity contribution in [1.29, 1.82) is 0 Å². The number of azide groups is 1. The zero-order chi connectivity index (χ0) is 21.2. The maximum atomic E-state index is 12.0. The Labute approximate surface area is 163 Å². The third-order valence-electron chi connectivity index (χ3n) is 3.36. The van der Waals surface area contributed by atoms with Gasteiger partial charge in [-0.25, -0.2) is 4.79 Å². The lowest BCUT2D eigenvalue weighted by atomic mass is 10.2. The molecular formula is C17H26N4O7. The van der Waals surface area contributed by atoms with Gasteiger partial charge in [0.1, 0.15) is 17.9 Å². The zero-order valence-electron chi connectivity index (χ0n) is 16.6. The molecule has 0 saturated heterocycles. The van der Waals surface area contributed by atoms with E-state index in [9.17, 15) is 14.4 Å². The second kappa shape index (κ2) is 11.4. The molecule has 0 aromatic heterocycles. The Kier molecular flexibility index (Phi) is 9.60. The Bertz CT molecular complexity index is 663. The maximum Gasteiger partial charge on any atom is 0.332 e. The molecule has 0 aliphatic carbocycles. The number of rotatable bonds is 12. The molecule has 28 heavy (non-hydrogen) atoms. The van der Waals surface area contributed by atoms with E-state index in [4.69, 9.17) is 24.5 Å². The third-order valence-corrected chi connectivity index (χ3v) is 3.36. The monoisotopic (exact) mass is 398 g/mol. The Morgan fingerprint density at radius 3 is 2.18 bits per heavy atom. The number of hydrogen-bond donors (Lipinski definition) is 0. The van der Waals surface area contributed by atoms with Crippen molar-refractivity contribution in [2.45, 2.75) is 33.3 Å². The van der Waals surface area contributed by atoms with Crippen molar-refractivity contribution in [1.82, 2.24) is 4.90 Å². The van der Waals surface area contributed by atoms with Gasteiger partial charge in [0.25, 0.3) is 11.8 Å². The van der Waals surface area contributed by atoms with Gasteiger partial charge in [0.05, 0.1) is 39.6 Å². The first kappa shape index (κ1) is 23.6. The van der Waals surface area contributed by atoms with Crippen LogP contribution in [-0.2, 0) is 33.3 Å². The number of amides is 2. The van der Waals surface area contributed by atoms with Crippen molar-refractivity contribution in [2.24, 2.45) is 5.11 Å². The summed E-state index contributed by atoms with van der Waals surface area (Å²) in [5, 5.41) is 3.25. The van der Waals surface area contributed by atoms with E-state index in [1.807, 2.05) is 0 Å². The van der Waals surface area contributed by atoms with E-state index < -0.39 is 23.4 Å². The lowest BCUT2D eigenvalue weighted by Gasteiger charge is -2.19. The van der Waals surface area contributed by atoms with Crippen LogP contribution in [0.1, 0.15) is 27.7 Å². The van der Waals surface area contributed by atoms with Crippen LogP contribution in [0, 0.1) is 0 Å². The van der Waals surface area contributed by atoms with Crippen LogP contribution >= 0.6 is 0 Å². The highest BCUT2D eigenvalue weighted by atomic mass is 16.6. The van der Waals surface area contributed by atoms with Gasteiger partial charge in [0, 0.05) is 10.5 Å². The molecule has 0 aromatic rings. The minimum absolute atomic E-state index is 0.0540. The quantitative estimate of drug-likeness (QED) is 0.121. The minimum Gasteiger partial charge on any atom is -0.458 e. The second-order valence-electron chi connectivity index (χ2n) is 6.79. The van der Waals surface area contributed by atoms with Crippen LogP contribution in [0.5, 0.6) is 0 Å². The van der Waals surface area contributed by atoms with Gasteiger partial charge >= 0.3 is 5.97 Å². The second-order valence-corrected chi connectivity index (χ2v) is 6.79. The van der Waals surface area contributed by atoms with Crippen LogP contribution in [0.4, 0.5) is 0 Å². The van der Waals surface area contributed by atoms with Crippen LogP contribution < -0.4 is 0 Å². The Morgan fingerprint density at radius 2 is 1.61 bits per heavy atom. The smallest absolute Gasteiger partial charge is 0.332 e. The maximum absolute atomic E-state index is 12.0. The molecule has 0 aromatic carbocycles. The van der Waals surface area contributed by atoms with Crippen molar-refractivity contribution in [3.05, 3.63) is 21.7 Å². The summed E-state index contributed by atoms with van der Waals surface area (Å²) in [5.41, 5.74) is 7.83. The standard InChI is InChI=1S/C17H26N4O7/c1-12-14(19-20-18)16(24)21(15(12)23)5-6-25-7-8-26-9-10-27-11-13(22)28-17(2,3)4/h5-11H2,1-4H3. The summed E-state index contributed by atoms with van der Waals surface area (Å²) < 4.78 is 20.8. The average molecular weight is 398 g/mol. The van der Waals surface area contributed by atoms with Gasteiger partial charge in [-0.15, -0.1) is 0 Å². The topological polar surface area (TPSA) is 140 Å². The highest BCUT2D eigenvalue weighted by Crippen LogP contribution is 2.21. The summed E-state index contributed by atoms with van der Waals surface area (Å²) in [6.45, 7) is 7.89. The zero-order valence-corrected chi connectivity index (χ0v) is 16.6. The summed E-state index contributed by atoms with van der Waals surface area (Å²) in [6.07, 6.45) is 0. The van der Waals surface area contributed by atoms with E-state index in [2.05, 4.69) is 10.0 Å². The van der Waals surface area contributed by atoms with Crippen molar-refractivity contribution in [2.75, 3.05) is 46.2 Å². The van der Waals surface area contributed by atoms with Crippen LogP contribution in [-0.4, -0.2) is 74.5 Å². The summed E-state index contributed by atoms with van der Waals surface area (Å²) in [5.74, 6) is -1.55. The number of esters is 1. The molecule has 0 saturated carbocycles. The van der Waals surface area contributed by atoms with Crippen molar-refractivity contribution in [3.63, 3.8) is 0 Å². The number of hydrogen-bond acceptors (Lipinski definition) is 8. The Morgan fingerprint density at radius 1 is 1.04 bits per heavy atom. The highest BCUT2D eigenvalue weighted by Gasteiger charge is 2.34. The average Bonchev–Trinajstić information content (AvgIpc) is 2.79. The van der Waals surface area contributed by atoms with Crippen LogP contribution in [0.15, 0.2) is 16.4 Å². The molecule has 0 radical (unpaired) electrons. The molecule has 0 atom stereocenters. The van der Waals surface area contributed by atoms with E-state index in [1.165, 1.54) is 6.92 Å². The fourth-order valence-electron chi connectivity index (χ4n) is 2.17. The predicted molar refractivity (Wildman–Crippen MR) is 96.9 cm³/mol. The largest absolute Gasteiger partial charge is 0.458 e. The lowest BCUT2D eigenvalue weighted by Crippen LogP contribution is -2.34. The number of carbonyl (C=O) groups is 3. The summed E-state index contributed by atoms with van der Waals surface area (Å²) in [4.78, 5) is 38.8. The van der Waals surface area contributed by atoms with Gasteiger partial charge in [0.2, 0.25) is 0 Å². The molecule has 1 heterocycles. The Balaban J connectivity index is 2.06. The van der Waals surface area contributed by atoms with Crippen LogP contribution in [0.3, 0.4) is 0 Å². The number of nitrogens with zero attached hydrogens (tertiary/aromatic N) is 4. The van der Waals surface area contributed by atoms with Crippen LogP contribution in [0.2, 0.25) is 0 Å². The molecule has 0 N–H and O–H groups in total. The SMILES string of the molecule is CC1=C(N=[N+]=[N-])C(=O)N(CCOCCOCCOCC(=O)OC(C)(C)C)C1=O. The Hall–Kier alpha value is -2.46. The summed E-state index contributed by atoms with van der Waals surface area (Å²) in [7, 11) is 0. The third kappa shape index (κ3) is 8.05. The normalized spacial score (nSPS) is 14.5. The minimum atomic E-state index is -0.623. The van der Waals surface area contributed by atoms with Gasteiger partial charge in [-0.05, 0) is 33.2 Å². The summed E-state index contributed by atoms with van der Waals surface area (Å²) >= 11 is 0. The fourth-order valence-corrected chi connectivity index (χ4v) is 2.17. The van der Waals surface area contributed by atoms with E-state index in [-0.39, 0.29) is 50.8 Å². The molecule has 0 bridgehead atoms. The molecule has 0 fully saturated rings. The molecule has 0 unspecified atom stereocenters. The molecule has 0 spiro atoms. The van der Waals surface area contributed by atoms with Gasteiger partial charge in [0.15, 0.2) is 0 Å². The first-order valence-electron chi connectivity index (χ1n) is 8.74. The van der Waals surface area contributed by atoms with Gasteiger partial charge in [-0.2, -0.15) is 0 Å². The highest BCUT2D eigenvalue weighted by molar-refractivity contribution is 6.18. The summed E-state index contributed by atoms with van der Waals surface area (Å²) in [6, 6.07) is 0. The van der Waals surface area contributed by atoms with Crippen molar-refractivity contribution < 1.29 is 33.3 Å². The lowest BCUT2D eigenvalue weighted by molar-refractivity contribution is -0.160. The van der Waals surface area contributed by atoms with Gasteiger partial charge in [-0.3, -0.25) is 14.5 Å². The van der Waals surface area contributed by atoms with E-state index >= 15 is 0 Å². The molecule has 2 amide bonds. The molecule has 1 aliphatic heterocycles. The molecule has 1 aliphatic rings. The van der Waals surface area contributed by atoms with Gasteiger partial charge in [-0.1, -0.05) is 5.11 Å². The first-order chi connectivity index (χ1) is 13.2. The van der Waals surface area contributed by atoms with Crippen molar-refractivity contribution >= 4 is 17.8 Å². The van der Waals surface area contributed by atoms with E-state index in [0.717, 1.165) is 4.90 Å². The molecule has 156 valence electrons. The number of carbonyl (C=O) groups excluding carboxylic acids is 3. The number of ether oxygens (including phenoxy) is 4. The molecule has 1 rings (SSSR count). The molecule has 11 heteroatoms. The van der Waals surface area contributed by atoms with Gasteiger partial charge < -0.3 is 18.9 Å². The predicted octanol–water partition coefficient (Wildman–Crippen LogP) is 1.33. The molecule has 11 nitrogen and oxygen atoms in total. The molecular weight excluding hydrogens is 372 g/mol. The van der Waals surface area contributed by atoms with Crippen LogP contribution in [0.25, 0.3) is 10.4 Å². The van der Waals surface area contributed by atoms with Crippen molar-refractivity contribution in [3.8, 4) is 0 Å².